The molecule has 1 fully saturated rings. The molecule has 27 heavy (non-hydrogen) atoms. The lowest BCUT2D eigenvalue weighted by atomic mass is 10.1. The first-order valence-corrected chi connectivity index (χ1v) is 9.57. The third-order valence-electron chi connectivity index (χ3n) is 5.33. The largest absolute Gasteiger partial charge is 0.493 e. The number of nitrogens with zero attached hydrogens (tertiary/aromatic N) is 2. The molecule has 5 nitrogen and oxygen atoms in total. The zero-order chi connectivity index (χ0) is 18.6. The average Bonchev–Trinajstić information content (AvgIpc) is 3.17. The SMILES string of the molecule is COCc1ccc(C(=O)N2CCN(Cc3ccc4c(c3)CCO4)CC2)cc1. The second kappa shape index (κ2) is 8.11. The number of carbonyl (C=O) groups excluding carboxylic acids is 1. The van der Waals surface area contributed by atoms with E-state index in [4.69, 9.17) is 9.47 Å². The Morgan fingerprint density at radius 2 is 1.78 bits per heavy atom. The smallest absolute Gasteiger partial charge is 0.253 e. The number of carbonyl (C=O) groups is 1. The fourth-order valence-electron chi connectivity index (χ4n) is 3.80. The van der Waals surface area contributed by atoms with Gasteiger partial charge in [-0.3, -0.25) is 9.69 Å². The average molecular weight is 366 g/mol. The van der Waals surface area contributed by atoms with Crippen LogP contribution in [0.25, 0.3) is 0 Å². The van der Waals surface area contributed by atoms with Crippen molar-refractivity contribution in [3.63, 3.8) is 0 Å². The predicted octanol–water partition coefficient (Wildman–Crippen LogP) is 2.73. The van der Waals surface area contributed by atoms with Crippen molar-refractivity contribution < 1.29 is 14.3 Å². The van der Waals surface area contributed by atoms with Crippen LogP contribution in [0, 0.1) is 0 Å². The monoisotopic (exact) mass is 366 g/mol. The van der Waals surface area contributed by atoms with E-state index in [1.807, 2.05) is 29.2 Å². The molecule has 0 saturated carbocycles. The van der Waals surface area contributed by atoms with Gasteiger partial charge in [-0.2, -0.15) is 0 Å². The van der Waals surface area contributed by atoms with Crippen molar-refractivity contribution in [3.05, 3.63) is 64.7 Å². The summed E-state index contributed by atoms with van der Waals surface area (Å²) in [5.41, 5.74) is 4.48. The van der Waals surface area contributed by atoms with Crippen molar-refractivity contribution in [2.45, 2.75) is 19.6 Å². The highest BCUT2D eigenvalue weighted by atomic mass is 16.5. The molecule has 0 N–H and O–H groups in total. The van der Waals surface area contributed by atoms with Crippen LogP contribution in [-0.4, -0.2) is 55.6 Å². The number of piperazine rings is 1. The van der Waals surface area contributed by atoms with Gasteiger partial charge in [0.05, 0.1) is 13.2 Å². The minimum Gasteiger partial charge on any atom is -0.493 e. The van der Waals surface area contributed by atoms with Crippen LogP contribution in [0.4, 0.5) is 0 Å². The van der Waals surface area contributed by atoms with E-state index in [9.17, 15) is 4.79 Å². The first-order valence-electron chi connectivity index (χ1n) is 9.57. The summed E-state index contributed by atoms with van der Waals surface area (Å²) in [5, 5.41) is 0. The van der Waals surface area contributed by atoms with Gasteiger partial charge in [-0.25, -0.2) is 0 Å². The Bertz CT molecular complexity index is 796. The highest BCUT2D eigenvalue weighted by molar-refractivity contribution is 5.94. The zero-order valence-corrected chi connectivity index (χ0v) is 15.8. The summed E-state index contributed by atoms with van der Waals surface area (Å²) in [6.07, 6.45) is 1.01. The second-order valence-corrected chi connectivity index (χ2v) is 7.24. The Kier molecular flexibility index (Phi) is 5.41. The van der Waals surface area contributed by atoms with Gasteiger partial charge >= 0.3 is 0 Å². The Morgan fingerprint density at radius 1 is 1.04 bits per heavy atom. The summed E-state index contributed by atoms with van der Waals surface area (Å²) in [4.78, 5) is 17.1. The molecule has 2 aromatic rings. The molecule has 0 unspecified atom stereocenters. The van der Waals surface area contributed by atoms with Crippen LogP contribution in [0.15, 0.2) is 42.5 Å². The third-order valence-corrected chi connectivity index (χ3v) is 5.33. The minimum absolute atomic E-state index is 0.119. The second-order valence-electron chi connectivity index (χ2n) is 7.24. The lowest BCUT2D eigenvalue weighted by molar-refractivity contribution is 0.0628. The number of benzene rings is 2. The highest BCUT2D eigenvalue weighted by Crippen LogP contribution is 2.26. The lowest BCUT2D eigenvalue weighted by Gasteiger charge is -2.35. The number of amides is 1. The van der Waals surface area contributed by atoms with E-state index in [0.717, 1.165) is 62.6 Å². The molecule has 1 amide bonds. The quantitative estimate of drug-likeness (QED) is 0.816. The molecule has 2 heterocycles. The number of fused-ring (bicyclic) bond motifs is 1. The topological polar surface area (TPSA) is 42.0 Å². The molecule has 0 radical (unpaired) electrons. The Hall–Kier alpha value is -2.37. The van der Waals surface area contributed by atoms with Crippen molar-refractivity contribution in [2.24, 2.45) is 0 Å². The van der Waals surface area contributed by atoms with Crippen molar-refractivity contribution in [2.75, 3.05) is 39.9 Å². The van der Waals surface area contributed by atoms with E-state index in [0.29, 0.717) is 6.61 Å². The van der Waals surface area contributed by atoms with Gasteiger partial charge in [0.25, 0.3) is 5.91 Å². The number of methoxy groups -OCH3 is 1. The molecule has 2 aliphatic heterocycles. The Morgan fingerprint density at radius 3 is 2.52 bits per heavy atom. The fourth-order valence-corrected chi connectivity index (χ4v) is 3.80. The summed E-state index contributed by atoms with van der Waals surface area (Å²) < 4.78 is 10.7. The summed E-state index contributed by atoms with van der Waals surface area (Å²) in [5.74, 6) is 1.15. The van der Waals surface area contributed by atoms with E-state index < -0.39 is 0 Å². The molecule has 0 aromatic heterocycles. The first-order chi connectivity index (χ1) is 13.2. The van der Waals surface area contributed by atoms with Gasteiger partial charge in [-0.15, -0.1) is 0 Å². The summed E-state index contributed by atoms with van der Waals surface area (Å²) >= 11 is 0. The molecule has 142 valence electrons. The van der Waals surface area contributed by atoms with E-state index >= 15 is 0 Å². The number of ether oxygens (including phenoxy) is 2. The maximum absolute atomic E-state index is 12.7. The molecule has 5 heteroatoms. The number of rotatable bonds is 5. The van der Waals surface area contributed by atoms with Gasteiger partial charge in [0.1, 0.15) is 5.75 Å². The molecule has 0 aliphatic carbocycles. The molecule has 2 aliphatic rings. The van der Waals surface area contributed by atoms with Crippen molar-refractivity contribution >= 4 is 5.91 Å². The lowest BCUT2D eigenvalue weighted by Crippen LogP contribution is -2.48. The molecule has 4 rings (SSSR count). The number of hydrogen-bond donors (Lipinski definition) is 0. The van der Waals surface area contributed by atoms with Gasteiger partial charge < -0.3 is 14.4 Å². The standard InChI is InChI=1S/C22H26N2O3/c1-26-16-17-2-5-19(6-3-17)22(25)24-11-9-23(10-12-24)15-18-4-7-21-20(14-18)8-13-27-21/h2-7,14H,8-13,15-16H2,1H3. The van der Waals surface area contributed by atoms with E-state index in [1.54, 1.807) is 7.11 Å². The van der Waals surface area contributed by atoms with Crippen LogP contribution in [0.1, 0.15) is 27.0 Å². The summed E-state index contributed by atoms with van der Waals surface area (Å²) in [7, 11) is 1.68. The molecule has 0 spiro atoms. The maximum Gasteiger partial charge on any atom is 0.253 e. The van der Waals surface area contributed by atoms with Gasteiger partial charge in [-0.05, 0) is 34.9 Å². The molecule has 0 atom stereocenters. The normalized spacial score (nSPS) is 16.9. The Balaban J connectivity index is 1.31. The molecule has 2 aromatic carbocycles. The molecular formula is C22H26N2O3. The van der Waals surface area contributed by atoms with Crippen LogP contribution < -0.4 is 4.74 Å². The van der Waals surface area contributed by atoms with Crippen LogP contribution >= 0.6 is 0 Å². The number of hydrogen-bond acceptors (Lipinski definition) is 4. The van der Waals surface area contributed by atoms with E-state index in [2.05, 4.69) is 23.1 Å². The zero-order valence-electron chi connectivity index (χ0n) is 15.8. The van der Waals surface area contributed by atoms with Gasteiger partial charge in [0.15, 0.2) is 0 Å². The molecule has 1 saturated heterocycles. The third kappa shape index (κ3) is 4.15. The summed E-state index contributed by atoms with van der Waals surface area (Å²) in [6, 6.07) is 14.2. The van der Waals surface area contributed by atoms with E-state index in [-0.39, 0.29) is 5.91 Å². The van der Waals surface area contributed by atoms with Crippen molar-refractivity contribution in [1.82, 2.24) is 9.80 Å². The van der Waals surface area contributed by atoms with Gasteiger partial charge in [-0.1, -0.05) is 24.3 Å². The van der Waals surface area contributed by atoms with E-state index in [1.165, 1.54) is 11.1 Å². The van der Waals surface area contributed by atoms with Crippen LogP contribution in [0.2, 0.25) is 0 Å². The van der Waals surface area contributed by atoms with Crippen LogP contribution in [-0.2, 0) is 24.3 Å². The first kappa shape index (κ1) is 18.0. The maximum atomic E-state index is 12.7. The molecule has 0 bridgehead atoms. The highest BCUT2D eigenvalue weighted by Gasteiger charge is 2.22. The van der Waals surface area contributed by atoms with Gasteiger partial charge in [0, 0.05) is 51.8 Å². The summed E-state index contributed by atoms with van der Waals surface area (Å²) in [6.45, 7) is 5.65. The minimum atomic E-state index is 0.119. The van der Waals surface area contributed by atoms with Crippen molar-refractivity contribution in [3.8, 4) is 5.75 Å². The molecular weight excluding hydrogens is 340 g/mol. The Labute approximate surface area is 160 Å². The van der Waals surface area contributed by atoms with Gasteiger partial charge in [0.2, 0.25) is 0 Å². The predicted molar refractivity (Wildman–Crippen MR) is 104 cm³/mol. The van der Waals surface area contributed by atoms with Crippen LogP contribution in [0.3, 0.4) is 0 Å². The fraction of sp³-hybridized carbons (Fsp3) is 0.409. The van der Waals surface area contributed by atoms with Crippen LogP contribution in [0.5, 0.6) is 5.75 Å². The van der Waals surface area contributed by atoms with Crippen molar-refractivity contribution in [1.29, 1.82) is 0 Å².